The molecule has 5 heteroatoms. The van der Waals surface area contributed by atoms with E-state index in [2.05, 4.69) is 10.3 Å². The van der Waals surface area contributed by atoms with Crippen molar-refractivity contribution in [1.82, 2.24) is 9.55 Å². The molecule has 2 heterocycles. The van der Waals surface area contributed by atoms with E-state index in [1.54, 1.807) is 43.7 Å². The summed E-state index contributed by atoms with van der Waals surface area (Å²) in [6.45, 7) is 0. The first kappa shape index (κ1) is 10.2. The maximum atomic E-state index is 11.7. The molecular formula is C11H12N4O. The van der Waals surface area contributed by atoms with Crippen molar-refractivity contribution >= 4 is 11.5 Å². The Morgan fingerprint density at radius 3 is 2.81 bits per heavy atom. The third-order valence-corrected chi connectivity index (χ3v) is 2.26. The summed E-state index contributed by atoms with van der Waals surface area (Å²) in [7, 11) is 1.79. The molecule has 0 aliphatic carbocycles. The van der Waals surface area contributed by atoms with Gasteiger partial charge < -0.3 is 11.1 Å². The van der Waals surface area contributed by atoms with Gasteiger partial charge in [0.25, 0.3) is 5.56 Å². The summed E-state index contributed by atoms with van der Waals surface area (Å²) >= 11 is 0. The van der Waals surface area contributed by atoms with Crippen LogP contribution in [0.1, 0.15) is 0 Å². The molecule has 0 saturated heterocycles. The van der Waals surface area contributed by atoms with Crippen molar-refractivity contribution in [2.24, 2.45) is 0 Å². The van der Waals surface area contributed by atoms with Gasteiger partial charge in [0.1, 0.15) is 5.82 Å². The Bertz CT molecular complexity index is 545. The Morgan fingerprint density at radius 2 is 2.19 bits per heavy atom. The molecule has 5 nitrogen and oxygen atoms in total. The first-order valence-electron chi connectivity index (χ1n) is 4.83. The first-order valence-corrected chi connectivity index (χ1v) is 4.83. The molecule has 0 radical (unpaired) electrons. The van der Waals surface area contributed by atoms with Gasteiger partial charge in [-0.15, -0.1) is 0 Å². The second-order valence-electron chi connectivity index (χ2n) is 3.29. The van der Waals surface area contributed by atoms with E-state index in [-0.39, 0.29) is 11.2 Å². The van der Waals surface area contributed by atoms with Gasteiger partial charge in [0.05, 0.1) is 17.6 Å². The molecule has 0 aliphatic heterocycles. The van der Waals surface area contributed by atoms with Crippen LogP contribution in [0.15, 0.2) is 41.5 Å². The molecule has 2 aromatic heterocycles. The third-order valence-electron chi connectivity index (χ3n) is 2.26. The summed E-state index contributed by atoms with van der Waals surface area (Å²) in [6.07, 6.45) is 3.28. The monoisotopic (exact) mass is 216 g/mol. The summed E-state index contributed by atoms with van der Waals surface area (Å²) < 4.78 is 1.46. The highest BCUT2D eigenvalue weighted by atomic mass is 16.1. The highest BCUT2D eigenvalue weighted by molar-refractivity contribution is 5.43. The minimum absolute atomic E-state index is 0.222. The van der Waals surface area contributed by atoms with Crippen LogP contribution in [0.3, 0.4) is 0 Å². The first-order chi connectivity index (χ1) is 7.72. The minimum atomic E-state index is -0.235. The van der Waals surface area contributed by atoms with Crippen LogP contribution in [-0.4, -0.2) is 16.6 Å². The molecule has 0 amide bonds. The van der Waals surface area contributed by atoms with Gasteiger partial charge in [0.15, 0.2) is 0 Å². The van der Waals surface area contributed by atoms with Crippen LogP contribution >= 0.6 is 0 Å². The highest BCUT2D eigenvalue weighted by Gasteiger charge is 2.02. The van der Waals surface area contributed by atoms with Crippen LogP contribution < -0.4 is 16.6 Å². The van der Waals surface area contributed by atoms with Crippen molar-refractivity contribution in [2.45, 2.75) is 0 Å². The summed E-state index contributed by atoms with van der Waals surface area (Å²) in [5, 5.41) is 2.91. The van der Waals surface area contributed by atoms with Gasteiger partial charge in [-0.05, 0) is 24.3 Å². The molecule has 2 aromatic rings. The normalized spacial score (nSPS) is 10.1. The molecular weight excluding hydrogens is 204 g/mol. The molecule has 82 valence electrons. The molecule has 0 spiro atoms. The van der Waals surface area contributed by atoms with E-state index in [1.807, 2.05) is 0 Å². The molecule has 16 heavy (non-hydrogen) atoms. The number of aromatic nitrogens is 2. The minimum Gasteiger partial charge on any atom is -0.394 e. The largest absolute Gasteiger partial charge is 0.394 e. The van der Waals surface area contributed by atoms with E-state index in [4.69, 9.17) is 5.73 Å². The van der Waals surface area contributed by atoms with E-state index >= 15 is 0 Å². The van der Waals surface area contributed by atoms with Crippen molar-refractivity contribution in [3.05, 3.63) is 47.0 Å². The maximum absolute atomic E-state index is 11.7. The van der Waals surface area contributed by atoms with Crippen LogP contribution in [0.2, 0.25) is 0 Å². The fraction of sp³-hybridized carbons (Fsp3) is 0.0909. The van der Waals surface area contributed by atoms with Gasteiger partial charge in [-0.25, -0.2) is 4.98 Å². The average molecular weight is 216 g/mol. The lowest BCUT2D eigenvalue weighted by molar-refractivity contribution is 0.983. The number of nitrogen functional groups attached to an aromatic ring is 1. The fourth-order valence-corrected chi connectivity index (χ4v) is 1.39. The molecule has 0 unspecified atom stereocenters. The SMILES string of the molecule is CNc1ccc(-n2cccc(N)c2=O)cn1. The molecule has 0 aliphatic rings. The molecule has 0 fully saturated rings. The quantitative estimate of drug-likeness (QED) is 0.780. The molecule has 0 aromatic carbocycles. The van der Waals surface area contributed by atoms with Crippen LogP contribution in [0.5, 0.6) is 0 Å². The van der Waals surface area contributed by atoms with Crippen LogP contribution in [-0.2, 0) is 0 Å². The molecule has 3 N–H and O–H groups in total. The lowest BCUT2D eigenvalue weighted by Crippen LogP contribution is -2.20. The Balaban J connectivity index is 2.51. The van der Waals surface area contributed by atoms with E-state index in [0.29, 0.717) is 5.69 Å². The summed E-state index contributed by atoms with van der Waals surface area (Å²) in [5.74, 6) is 0.751. The van der Waals surface area contributed by atoms with Gasteiger partial charge in [0, 0.05) is 13.2 Å². The van der Waals surface area contributed by atoms with Crippen LogP contribution in [0.4, 0.5) is 11.5 Å². The van der Waals surface area contributed by atoms with Crippen molar-refractivity contribution in [1.29, 1.82) is 0 Å². The number of anilines is 2. The van der Waals surface area contributed by atoms with Crippen molar-refractivity contribution in [3.8, 4) is 5.69 Å². The number of hydrogen-bond donors (Lipinski definition) is 2. The Labute approximate surface area is 92.6 Å². The zero-order valence-corrected chi connectivity index (χ0v) is 8.84. The second kappa shape index (κ2) is 4.06. The smallest absolute Gasteiger partial charge is 0.278 e. The van der Waals surface area contributed by atoms with Gasteiger partial charge in [-0.3, -0.25) is 9.36 Å². The third kappa shape index (κ3) is 1.75. The average Bonchev–Trinajstić information content (AvgIpc) is 2.33. The van der Waals surface area contributed by atoms with Gasteiger partial charge in [0.2, 0.25) is 0 Å². The number of hydrogen-bond acceptors (Lipinski definition) is 4. The van der Waals surface area contributed by atoms with Crippen molar-refractivity contribution in [2.75, 3.05) is 18.1 Å². The van der Waals surface area contributed by atoms with Crippen LogP contribution in [0, 0.1) is 0 Å². The summed E-state index contributed by atoms with van der Waals surface area (Å²) in [4.78, 5) is 15.9. The maximum Gasteiger partial charge on any atom is 0.278 e. The zero-order valence-electron chi connectivity index (χ0n) is 8.84. The number of pyridine rings is 2. The second-order valence-corrected chi connectivity index (χ2v) is 3.29. The Hall–Kier alpha value is -2.30. The topological polar surface area (TPSA) is 72.9 Å². The van der Waals surface area contributed by atoms with E-state index in [1.165, 1.54) is 4.57 Å². The zero-order chi connectivity index (χ0) is 11.5. The molecule has 0 bridgehead atoms. The van der Waals surface area contributed by atoms with Gasteiger partial charge >= 0.3 is 0 Å². The van der Waals surface area contributed by atoms with E-state index in [9.17, 15) is 4.79 Å². The van der Waals surface area contributed by atoms with E-state index < -0.39 is 0 Å². The predicted octanol–water partition coefficient (Wildman–Crippen LogP) is 0.856. The molecule has 2 rings (SSSR count). The van der Waals surface area contributed by atoms with Gasteiger partial charge in [-0.1, -0.05) is 0 Å². The van der Waals surface area contributed by atoms with Crippen molar-refractivity contribution < 1.29 is 0 Å². The Morgan fingerprint density at radius 1 is 1.38 bits per heavy atom. The standard InChI is InChI=1S/C11H12N4O/c1-13-10-5-4-8(7-14-10)15-6-2-3-9(12)11(15)16/h2-7H,12H2,1H3,(H,13,14). The lowest BCUT2D eigenvalue weighted by atomic mass is 10.3. The van der Waals surface area contributed by atoms with E-state index in [0.717, 1.165) is 5.82 Å². The van der Waals surface area contributed by atoms with Gasteiger partial charge in [-0.2, -0.15) is 0 Å². The summed E-state index contributed by atoms with van der Waals surface area (Å²) in [5.41, 5.74) is 6.23. The lowest BCUT2D eigenvalue weighted by Gasteiger charge is -2.06. The van der Waals surface area contributed by atoms with Crippen molar-refractivity contribution in [3.63, 3.8) is 0 Å². The number of rotatable bonds is 2. The molecule has 0 saturated carbocycles. The summed E-state index contributed by atoms with van der Waals surface area (Å²) in [6, 6.07) is 6.90. The fourth-order valence-electron chi connectivity index (χ4n) is 1.39. The Kier molecular flexibility index (Phi) is 2.59. The number of nitrogens with two attached hydrogens (primary N) is 1. The number of nitrogens with zero attached hydrogens (tertiary/aromatic N) is 2. The number of nitrogens with one attached hydrogen (secondary N) is 1. The predicted molar refractivity (Wildman–Crippen MR) is 63.8 cm³/mol. The highest BCUT2D eigenvalue weighted by Crippen LogP contribution is 2.07. The van der Waals surface area contributed by atoms with Crippen LogP contribution in [0.25, 0.3) is 5.69 Å². The molecule has 0 atom stereocenters.